The van der Waals surface area contributed by atoms with Gasteiger partial charge in [-0.05, 0) is 113 Å². The van der Waals surface area contributed by atoms with Crippen LogP contribution in [0.3, 0.4) is 0 Å². The average Bonchev–Trinajstić information content (AvgIpc) is 3.40. The number of nitrogens with zero attached hydrogens (tertiary/aromatic N) is 2. The Morgan fingerprint density at radius 3 is 2.53 bits per heavy atom. The largest absolute Gasteiger partial charge is 0.508 e. The van der Waals surface area contributed by atoms with Gasteiger partial charge in [0.2, 0.25) is 0 Å². The molecular formula is C41H44N2O4. The van der Waals surface area contributed by atoms with Crippen molar-refractivity contribution in [2.45, 2.75) is 77.7 Å². The zero-order valence-electron chi connectivity index (χ0n) is 27.8. The molecule has 1 heterocycles. The Balaban J connectivity index is 1.32. The number of benzene rings is 4. The van der Waals surface area contributed by atoms with Crippen molar-refractivity contribution in [1.29, 1.82) is 0 Å². The van der Waals surface area contributed by atoms with E-state index in [2.05, 4.69) is 68.7 Å². The van der Waals surface area contributed by atoms with Crippen LogP contribution in [0.5, 0.6) is 11.5 Å². The molecule has 47 heavy (non-hydrogen) atoms. The van der Waals surface area contributed by atoms with E-state index in [9.17, 15) is 15.0 Å². The highest BCUT2D eigenvalue weighted by atomic mass is 16.5. The topological polar surface area (TPSA) is 84.6 Å². The molecule has 2 aliphatic carbocycles. The molecule has 0 aliphatic heterocycles. The number of aromatic nitrogens is 2. The average molecular weight is 629 g/mol. The maximum Gasteiger partial charge on any atom is 0.341 e. The summed E-state index contributed by atoms with van der Waals surface area (Å²) in [7, 11) is 0. The van der Waals surface area contributed by atoms with Crippen molar-refractivity contribution in [3.05, 3.63) is 102 Å². The number of ether oxygens (including phenoxy) is 1. The van der Waals surface area contributed by atoms with Crippen LogP contribution >= 0.6 is 0 Å². The second-order valence-corrected chi connectivity index (χ2v) is 14.6. The molecule has 6 heteroatoms. The molecule has 2 aliphatic rings. The second-order valence-electron chi connectivity index (χ2n) is 14.6. The standard InChI is InChI=1S/C41H44N2O4/c1-26(2)27-12-15-34-30(20-27)14-17-37-40(3,18-7-19-41(34,37)4)25-43-36-16-13-29(28-8-5-10-32(44)21-28)23-35(36)42-39(43)31-9-6-11-33(22-31)47-24-38(45)46/h5-6,8-13,15-16,20-23,26,37,44H,7,14,17-19,24-25H2,1-4H3,(H,45,46)/t37-,40+,41+/m0/s1. The molecule has 2 N–H and O–H groups in total. The summed E-state index contributed by atoms with van der Waals surface area (Å²) in [4.78, 5) is 16.5. The monoisotopic (exact) mass is 628 g/mol. The Labute approximate surface area is 277 Å². The fourth-order valence-corrected chi connectivity index (χ4v) is 8.80. The molecule has 0 spiro atoms. The van der Waals surface area contributed by atoms with Gasteiger partial charge in [-0.2, -0.15) is 0 Å². The number of rotatable bonds is 8. The number of aliphatic carboxylic acids is 1. The first-order valence-corrected chi connectivity index (χ1v) is 16.9. The first-order chi connectivity index (χ1) is 22.5. The van der Waals surface area contributed by atoms with E-state index in [4.69, 9.17) is 9.72 Å². The SMILES string of the molecule is CC(C)c1ccc2c(c1)CC[C@H]1[C@@](C)(Cn3c(-c4cccc(OCC(=O)O)c4)nc4cc(-c5cccc(O)c5)ccc43)CCC[C@]21C. The summed E-state index contributed by atoms with van der Waals surface area (Å²) in [6.45, 7) is 9.99. The van der Waals surface area contributed by atoms with Crippen LogP contribution in [-0.2, 0) is 23.2 Å². The van der Waals surface area contributed by atoms with Gasteiger partial charge in [-0.25, -0.2) is 9.78 Å². The van der Waals surface area contributed by atoms with Gasteiger partial charge in [0, 0.05) is 12.1 Å². The lowest BCUT2D eigenvalue weighted by Crippen LogP contribution is -2.50. The smallest absolute Gasteiger partial charge is 0.341 e. The van der Waals surface area contributed by atoms with E-state index in [1.165, 1.54) is 30.4 Å². The van der Waals surface area contributed by atoms with E-state index in [1.54, 1.807) is 23.8 Å². The minimum absolute atomic E-state index is 0.0328. The van der Waals surface area contributed by atoms with Gasteiger partial charge in [-0.15, -0.1) is 0 Å². The maximum atomic E-state index is 11.2. The summed E-state index contributed by atoms with van der Waals surface area (Å²) in [6, 6.07) is 28.6. The van der Waals surface area contributed by atoms with Crippen molar-refractivity contribution >= 4 is 17.0 Å². The fraction of sp³-hybridized carbons (Fsp3) is 0.366. The molecule has 3 atom stereocenters. The van der Waals surface area contributed by atoms with Crippen LogP contribution in [0.4, 0.5) is 0 Å². The van der Waals surface area contributed by atoms with Gasteiger partial charge in [0.25, 0.3) is 0 Å². The van der Waals surface area contributed by atoms with E-state index in [1.807, 2.05) is 30.3 Å². The Morgan fingerprint density at radius 2 is 1.74 bits per heavy atom. The number of phenols is 1. The van der Waals surface area contributed by atoms with Gasteiger partial charge in [0.05, 0.1) is 11.0 Å². The Bertz CT molecular complexity index is 1980. The number of imidazole rings is 1. The lowest BCUT2D eigenvalue weighted by atomic mass is 9.49. The normalized spacial score (nSPS) is 22.2. The highest BCUT2D eigenvalue weighted by Gasteiger charge is 2.52. The summed E-state index contributed by atoms with van der Waals surface area (Å²) < 4.78 is 7.97. The minimum atomic E-state index is -1.01. The van der Waals surface area contributed by atoms with E-state index in [0.717, 1.165) is 52.9 Å². The maximum absolute atomic E-state index is 11.2. The molecule has 1 fully saturated rings. The molecule has 6 nitrogen and oxygen atoms in total. The Morgan fingerprint density at radius 1 is 0.957 bits per heavy atom. The van der Waals surface area contributed by atoms with Gasteiger partial charge in [-0.1, -0.05) is 82.6 Å². The number of hydrogen-bond acceptors (Lipinski definition) is 4. The van der Waals surface area contributed by atoms with Crippen LogP contribution < -0.4 is 4.74 Å². The third-order valence-corrected chi connectivity index (χ3v) is 11.1. The molecule has 0 bridgehead atoms. The molecule has 0 unspecified atom stereocenters. The lowest BCUT2D eigenvalue weighted by molar-refractivity contribution is -0.139. The minimum Gasteiger partial charge on any atom is -0.508 e. The van der Waals surface area contributed by atoms with Crippen molar-refractivity contribution in [1.82, 2.24) is 9.55 Å². The summed E-state index contributed by atoms with van der Waals surface area (Å²) in [6.07, 6.45) is 5.81. The van der Waals surface area contributed by atoms with Crippen LogP contribution in [-0.4, -0.2) is 32.3 Å². The summed E-state index contributed by atoms with van der Waals surface area (Å²) >= 11 is 0. The quantitative estimate of drug-likeness (QED) is 0.179. The predicted octanol–water partition coefficient (Wildman–Crippen LogP) is 9.37. The fourth-order valence-electron chi connectivity index (χ4n) is 8.80. The molecule has 242 valence electrons. The number of hydrogen-bond donors (Lipinski definition) is 2. The molecular weight excluding hydrogens is 584 g/mol. The van der Waals surface area contributed by atoms with Crippen molar-refractivity contribution in [2.75, 3.05) is 6.61 Å². The molecule has 4 aromatic carbocycles. The number of phenolic OH excluding ortho intramolecular Hbond substituents is 1. The van der Waals surface area contributed by atoms with Crippen molar-refractivity contribution in [2.24, 2.45) is 11.3 Å². The third-order valence-electron chi connectivity index (χ3n) is 11.1. The van der Waals surface area contributed by atoms with E-state index in [0.29, 0.717) is 17.6 Å². The van der Waals surface area contributed by atoms with Crippen molar-refractivity contribution in [3.63, 3.8) is 0 Å². The van der Waals surface area contributed by atoms with Gasteiger partial charge >= 0.3 is 5.97 Å². The molecule has 7 rings (SSSR count). The van der Waals surface area contributed by atoms with Crippen molar-refractivity contribution < 1.29 is 19.7 Å². The predicted molar refractivity (Wildman–Crippen MR) is 187 cm³/mol. The Kier molecular flexibility index (Phi) is 7.86. The van der Waals surface area contributed by atoms with Crippen molar-refractivity contribution in [3.8, 4) is 34.0 Å². The van der Waals surface area contributed by atoms with Crippen LogP contribution in [0.25, 0.3) is 33.5 Å². The second kappa shape index (κ2) is 11.9. The number of aromatic hydroxyl groups is 1. The summed E-state index contributed by atoms with van der Waals surface area (Å²) in [5.41, 5.74) is 9.41. The van der Waals surface area contributed by atoms with E-state index < -0.39 is 12.6 Å². The lowest BCUT2D eigenvalue weighted by Gasteiger charge is -2.56. The van der Waals surface area contributed by atoms with E-state index in [-0.39, 0.29) is 16.6 Å². The molecule has 1 aromatic heterocycles. The van der Waals surface area contributed by atoms with Gasteiger partial charge in [0.1, 0.15) is 17.3 Å². The highest BCUT2D eigenvalue weighted by Crippen LogP contribution is 2.58. The van der Waals surface area contributed by atoms with Gasteiger partial charge in [0.15, 0.2) is 6.61 Å². The van der Waals surface area contributed by atoms with Crippen LogP contribution in [0.15, 0.2) is 84.9 Å². The van der Waals surface area contributed by atoms with Crippen LogP contribution in [0.2, 0.25) is 0 Å². The van der Waals surface area contributed by atoms with Gasteiger partial charge < -0.3 is 19.5 Å². The first kappa shape index (κ1) is 31.0. The number of carboxylic acid groups (broad SMARTS) is 1. The summed E-state index contributed by atoms with van der Waals surface area (Å²) in [5.74, 6) is 1.62. The molecule has 0 saturated heterocycles. The highest BCUT2D eigenvalue weighted by molar-refractivity contribution is 5.86. The number of aryl methyl sites for hydroxylation is 1. The van der Waals surface area contributed by atoms with Crippen LogP contribution in [0, 0.1) is 11.3 Å². The zero-order valence-corrected chi connectivity index (χ0v) is 27.8. The van der Waals surface area contributed by atoms with Gasteiger partial charge in [-0.3, -0.25) is 0 Å². The first-order valence-electron chi connectivity index (χ1n) is 16.9. The zero-order chi connectivity index (χ0) is 32.9. The van der Waals surface area contributed by atoms with E-state index >= 15 is 0 Å². The molecule has 1 saturated carbocycles. The molecule has 0 radical (unpaired) electrons. The number of carbonyl (C=O) groups is 1. The van der Waals surface area contributed by atoms with Crippen LogP contribution in [0.1, 0.15) is 76.0 Å². The molecule has 0 amide bonds. The molecule has 5 aromatic rings. The number of carboxylic acids is 1. The summed E-state index contributed by atoms with van der Waals surface area (Å²) in [5, 5.41) is 19.4. The number of fused-ring (bicyclic) bond motifs is 4. The third kappa shape index (κ3) is 5.68. The Hall–Kier alpha value is -4.58.